The highest BCUT2D eigenvalue weighted by Crippen LogP contribution is 2.40. The van der Waals surface area contributed by atoms with Gasteiger partial charge in [0.05, 0.1) is 21.9 Å². The molecule has 9 nitrogen and oxygen atoms in total. The number of fused-ring (bicyclic) bond motifs is 1. The van der Waals surface area contributed by atoms with Gasteiger partial charge in [0.2, 0.25) is 17.8 Å². The molecule has 2 aromatic heterocycles. The van der Waals surface area contributed by atoms with Gasteiger partial charge in [0.15, 0.2) is 5.65 Å². The van der Waals surface area contributed by atoms with Gasteiger partial charge < -0.3 is 20.7 Å². The van der Waals surface area contributed by atoms with Gasteiger partial charge in [0.25, 0.3) is 0 Å². The molecule has 1 fully saturated rings. The van der Waals surface area contributed by atoms with Crippen LogP contribution in [0.3, 0.4) is 0 Å². The summed E-state index contributed by atoms with van der Waals surface area (Å²) >= 11 is 12.8. The second kappa shape index (κ2) is 14.5. The molecule has 0 aliphatic heterocycles. The summed E-state index contributed by atoms with van der Waals surface area (Å²) in [5.41, 5.74) is 7.18. The molecule has 1 aliphatic carbocycles. The predicted octanol–water partition coefficient (Wildman–Crippen LogP) is 7.38. The van der Waals surface area contributed by atoms with Gasteiger partial charge in [0, 0.05) is 30.5 Å². The number of imidazole rings is 1. The maximum atomic E-state index is 13.9. The lowest BCUT2D eigenvalue weighted by atomic mass is 9.85. The largest absolute Gasteiger partial charge is 0.369 e. The van der Waals surface area contributed by atoms with Crippen LogP contribution in [0.4, 0.5) is 22.0 Å². The molecule has 0 radical (unpaired) electrons. The van der Waals surface area contributed by atoms with Crippen LogP contribution in [0, 0.1) is 11.7 Å². The zero-order valence-corrected chi connectivity index (χ0v) is 26.0. The fourth-order valence-electron chi connectivity index (χ4n) is 6.13. The number of primary amides is 1. The highest BCUT2D eigenvalue weighted by molar-refractivity contribution is 6.39. The smallest absolute Gasteiger partial charge is 0.227 e. The number of carbonyl (C=O) groups is 2. The van der Waals surface area contributed by atoms with E-state index >= 15 is 0 Å². The molecule has 228 valence electrons. The Hall–Kier alpha value is -2.98. The van der Waals surface area contributed by atoms with Crippen molar-refractivity contribution < 1.29 is 14.0 Å². The maximum absolute atomic E-state index is 13.9. The number of rotatable bonds is 14. The molecule has 2 heterocycles. The van der Waals surface area contributed by atoms with E-state index in [2.05, 4.69) is 31.0 Å². The molecule has 2 atom stereocenters. The molecule has 3 aromatic rings. The molecule has 1 aliphatic rings. The van der Waals surface area contributed by atoms with Gasteiger partial charge in [0.1, 0.15) is 17.6 Å². The van der Waals surface area contributed by atoms with Crippen LogP contribution in [0.25, 0.3) is 11.2 Å². The van der Waals surface area contributed by atoms with Crippen LogP contribution in [-0.4, -0.2) is 43.8 Å². The molecule has 1 amide bonds. The number of hydrogen-bond donors (Lipinski definition) is 2. The van der Waals surface area contributed by atoms with Crippen molar-refractivity contribution in [3.05, 3.63) is 34.2 Å². The first-order valence-electron chi connectivity index (χ1n) is 14.9. The topological polar surface area (TPSA) is 119 Å². The molecule has 1 aromatic carbocycles. The molecule has 12 heteroatoms. The standard InChI is InChI=1S/C30H40Cl2FN7O2/c1-4-8-20(5-2)39(21(6-3)9-7-14-41)29-35-17-25-28(38-29)40(22-12-10-18(11-13-22)27(34)42)30(36-25)37-26-23(31)15-19(33)16-24(26)32/h14-18,20-22H,4-13H2,1-3H3,(H2,34,42)(H,36,37)/t18?,20-,21-,22?/m0/s1. The summed E-state index contributed by atoms with van der Waals surface area (Å²) in [6.07, 6.45) is 10.3. The van der Waals surface area contributed by atoms with E-state index in [9.17, 15) is 14.0 Å². The lowest BCUT2D eigenvalue weighted by Gasteiger charge is -2.38. The van der Waals surface area contributed by atoms with Gasteiger partial charge in [-0.3, -0.25) is 9.36 Å². The zero-order chi connectivity index (χ0) is 30.4. The number of nitrogens with one attached hydrogen (secondary N) is 1. The highest BCUT2D eigenvalue weighted by atomic mass is 35.5. The third-order valence-electron chi connectivity index (χ3n) is 8.33. The Bertz CT molecular complexity index is 1370. The molecule has 4 rings (SSSR count). The summed E-state index contributed by atoms with van der Waals surface area (Å²) in [6, 6.07) is 2.66. The molecule has 42 heavy (non-hydrogen) atoms. The van der Waals surface area contributed by atoms with Crippen LogP contribution in [0.5, 0.6) is 0 Å². The van der Waals surface area contributed by atoms with Crippen molar-refractivity contribution in [3.8, 4) is 0 Å². The number of nitrogens with zero attached hydrogens (tertiary/aromatic N) is 5. The monoisotopic (exact) mass is 619 g/mol. The van der Waals surface area contributed by atoms with Gasteiger partial charge in [-0.2, -0.15) is 4.98 Å². The highest BCUT2D eigenvalue weighted by Gasteiger charge is 2.31. The number of benzene rings is 1. The molecular weight excluding hydrogens is 580 g/mol. The Balaban J connectivity index is 1.85. The van der Waals surface area contributed by atoms with Gasteiger partial charge in [-0.05, 0) is 63.5 Å². The number of halogens is 3. The first-order valence-corrected chi connectivity index (χ1v) is 15.7. The summed E-state index contributed by atoms with van der Waals surface area (Å²) in [6.45, 7) is 6.45. The van der Waals surface area contributed by atoms with Crippen molar-refractivity contribution in [2.24, 2.45) is 11.7 Å². The fourth-order valence-corrected chi connectivity index (χ4v) is 6.69. The van der Waals surface area contributed by atoms with E-state index in [-0.39, 0.29) is 40.0 Å². The van der Waals surface area contributed by atoms with Crippen LogP contribution in [0.2, 0.25) is 10.0 Å². The summed E-state index contributed by atoms with van der Waals surface area (Å²) < 4.78 is 16.0. The molecule has 0 spiro atoms. The van der Waals surface area contributed by atoms with E-state index in [1.807, 2.05) is 4.57 Å². The van der Waals surface area contributed by atoms with Crippen molar-refractivity contribution in [1.29, 1.82) is 0 Å². The Kier molecular flexibility index (Phi) is 11.0. The summed E-state index contributed by atoms with van der Waals surface area (Å²) in [5, 5.41) is 3.48. The Morgan fingerprint density at radius 2 is 1.76 bits per heavy atom. The maximum Gasteiger partial charge on any atom is 0.227 e. The van der Waals surface area contributed by atoms with Crippen molar-refractivity contribution in [2.45, 2.75) is 103 Å². The van der Waals surface area contributed by atoms with Crippen LogP contribution in [-0.2, 0) is 9.59 Å². The number of aldehydes is 1. The van der Waals surface area contributed by atoms with Crippen LogP contribution in [0.15, 0.2) is 18.3 Å². The van der Waals surface area contributed by atoms with E-state index in [0.717, 1.165) is 32.0 Å². The normalized spacial score (nSPS) is 18.5. The zero-order valence-electron chi connectivity index (χ0n) is 24.5. The number of aromatic nitrogens is 4. The van der Waals surface area contributed by atoms with Crippen molar-refractivity contribution in [1.82, 2.24) is 19.5 Å². The fraction of sp³-hybridized carbons (Fsp3) is 0.567. The molecule has 0 unspecified atom stereocenters. The van der Waals surface area contributed by atoms with Gasteiger partial charge in [-0.15, -0.1) is 0 Å². The molecule has 3 N–H and O–H groups in total. The minimum absolute atomic E-state index is 0.0306. The van der Waals surface area contributed by atoms with E-state index in [1.165, 1.54) is 12.1 Å². The number of amides is 1. The quantitative estimate of drug-likeness (QED) is 0.181. The second-order valence-corrected chi connectivity index (χ2v) is 11.8. The SMILES string of the molecule is CCC[C@H](CC)N(c1ncc2nc(Nc3c(Cl)cc(F)cc3Cl)n(C3CCC(C(N)=O)CC3)c2n1)[C@@H](CC)CCC=O. The molecule has 0 bridgehead atoms. The van der Waals surface area contributed by atoms with Crippen molar-refractivity contribution in [3.63, 3.8) is 0 Å². The average Bonchev–Trinajstić information content (AvgIpc) is 3.33. The predicted molar refractivity (Wildman–Crippen MR) is 166 cm³/mol. The average molecular weight is 621 g/mol. The second-order valence-electron chi connectivity index (χ2n) is 11.0. The van der Waals surface area contributed by atoms with Gasteiger partial charge in [-0.1, -0.05) is 50.4 Å². The summed E-state index contributed by atoms with van der Waals surface area (Å²) in [4.78, 5) is 40.2. The third kappa shape index (κ3) is 6.97. The summed E-state index contributed by atoms with van der Waals surface area (Å²) in [7, 11) is 0. The number of anilines is 3. The van der Waals surface area contributed by atoms with Crippen molar-refractivity contribution in [2.75, 3.05) is 10.2 Å². The summed E-state index contributed by atoms with van der Waals surface area (Å²) in [5.74, 6) is 0.0555. The third-order valence-corrected chi connectivity index (χ3v) is 8.92. The Morgan fingerprint density at radius 3 is 2.33 bits per heavy atom. The van der Waals surface area contributed by atoms with Crippen LogP contribution in [0.1, 0.15) is 91.0 Å². The van der Waals surface area contributed by atoms with Gasteiger partial charge >= 0.3 is 0 Å². The first-order chi connectivity index (χ1) is 20.2. The first kappa shape index (κ1) is 31.9. The van der Waals surface area contributed by atoms with E-state index in [1.54, 1.807) is 6.20 Å². The van der Waals surface area contributed by atoms with Gasteiger partial charge in [-0.25, -0.2) is 14.4 Å². The van der Waals surface area contributed by atoms with E-state index < -0.39 is 5.82 Å². The van der Waals surface area contributed by atoms with E-state index in [4.69, 9.17) is 43.9 Å². The number of hydrogen-bond acceptors (Lipinski definition) is 7. The minimum Gasteiger partial charge on any atom is -0.369 e. The minimum atomic E-state index is -0.540. The van der Waals surface area contributed by atoms with Crippen LogP contribution >= 0.6 is 23.2 Å². The number of nitrogens with two attached hydrogens (primary N) is 1. The van der Waals surface area contributed by atoms with Crippen LogP contribution < -0.4 is 16.0 Å². The Morgan fingerprint density at radius 1 is 1.12 bits per heavy atom. The molecular formula is C30H40Cl2FN7O2. The molecule has 0 saturated heterocycles. The van der Waals surface area contributed by atoms with E-state index in [0.29, 0.717) is 67.3 Å². The molecule has 1 saturated carbocycles. The lowest BCUT2D eigenvalue weighted by molar-refractivity contribution is -0.122. The number of carbonyl (C=O) groups excluding carboxylic acids is 2. The lowest BCUT2D eigenvalue weighted by Crippen LogP contribution is -2.44. The Labute approximate surface area is 256 Å². The van der Waals surface area contributed by atoms with Crippen molar-refractivity contribution >= 4 is 64.1 Å².